The molecule has 0 bridgehead atoms. The highest BCUT2D eigenvalue weighted by Gasteiger charge is 2.42. The van der Waals surface area contributed by atoms with Gasteiger partial charge in [-0.15, -0.1) is 0 Å². The fourth-order valence-corrected chi connectivity index (χ4v) is 3.98. The summed E-state index contributed by atoms with van der Waals surface area (Å²) < 4.78 is 11.8. The molecule has 0 aromatic heterocycles. The minimum absolute atomic E-state index is 0.236. The van der Waals surface area contributed by atoms with Crippen LogP contribution in [0.4, 0.5) is 0 Å². The van der Waals surface area contributed by atoms with Gasteiger partial charge in [-0.2, -0.15) is 0 Å². The Balaban J connectivity index is 1.56. The number of piperidine rings is 1. The molecule has 3 rings (SSSR count). The van der Waals surface area contributed by atoms with Crippen LogP contribution in [0.15, 0.2) is 0 Å². The van der Waals surface area contributed by atoms with E-state index in [1.807, 2.05) is 0 Å². The maximum absolute atomic E-state index is 5.88. The van der Waals surface area contributed by atoms with Crippen LogP contribution >= 0.6 is 0 Å². The molecular formula is C15H27NO2. The van der Waals surface area contributed by atoms with Gasteiger partial charge in [0.05, 0.1) is 19.8 Å². The van der Waals surface area contributed by atoms with Crippen LogP contribution in [0, 0.1) is 5.92 Å². The lowest BCUT2D eigenvalue weighted by molar-refractivity contribution is -0.195. The average Bonchev–Trinajstić information content (AvgIpc) is 2.87. The van der Waals surface area contributed by atoms with Gasteiger partial charge in [-0.05, 0) is 44.6 Å². The van der Waals surface area contributed by atoms with E-state index in [1.54, 1.807) is 0 Å². The zero-order valence-electron chi connectivity index (χ0n) is 11.7. The van der Waals surface area contributed by atoms with Gasteiger partial charge in [0.15, 0.2) is 5.79 Å². The van der Waals surface area contributed by atoms with Crippen molar-refractivity contribution < 1.29 is 9.47 Å². The Kier molecular flexibility index (Phi) is 3.92. The van der Waals surface area contributed by atoms with Gasteiger partial charge in [0.2, 0.25) is 0 Å². The molecule has 3 heteroatoms. The van der Waals surface area contributed by atoms with Gasteiger partial charge in [0, 0.05) is 12.5 Å². The summed E-state index contributed by atoms with van der Waals surface area (Å²) >= 11 is 0. The van der Waals surface area contributed by atoms with E-state index >= 15 is 0 Å². The predicted octanol–water partition coefficient (Wildman–Crippen LogP) is 2.79. The molecule has 18 heavy (non-hydrogen) atoms. The number of rotatable bonds is 2. The number of nitrogens with zero attached hydrogens (tertiary/aromatic N) is 1. The standard InChI is InChI=1S/C15H27NO2/c1-2-13-4-6-14(7-5-13)16-9-3-8-15(12-16)17-10-11-18-15/h13-14H,2-12H2,1H3. The van der Waals surface area contributed by atoms with Crippen molar-refractivity contribution in [3.05, 3.63) is 0 Å². The molecule has 0 unspecified atom stereocenters. The second kappa shape index (κ2) is 5.48. The van der Waals surface area contributed by atoms with Crippen LogP contribution < -0.4 is 0 Å². The van der Waals surface area contributed by atoms with Gasteiger partial charge in [0.1, 0.15) is 0 Å². The minimum Gasteiger partial charge on any atom is -0.346 e. The second-order valence-electron chi connectivity index (χ2n) is 6.26. The molecule has 104 valence electrons. The van der Waals surface area contributed by atoms with Gasteiger partial charge in [-0.25, -0.2) is 0 Å². The van der Waals surface area contributed by atoms with Gasteiger partial charge < -0.3 is 9.47 Å². The largest absolute Gasteiger partial charge is 0.346 e. The van der Waals surface area contributed by atoms with E-state index < -0.39 is 0 Å². The Hall–Kier alpha value is -0.120. The smallest absolute Gasteiger partial charge is 0.181 e. The molecule has 2 aliphatic heterocycles. The van der Waals surface area contributed by atoms with Crippen molar-refractivity contribution in [1.82, 2.24) is 4.90 Å². The van der Waals surface area contributed by atoms with Crippen LogP contribution in [0.3, 0.4) is 0 Å². The normalized spacial score (nSPS) is 37.2. The van der Waals surface area contributed by atoms with Crippen LogP contribution in [0.5, 0.6) is 0 Å². The second-order valence-corrected chi connectivity index (χ2v) is 6.26. The zero-order valence-corrected chi connectivity index (χ0v) is 11.7. The molecule has 0 amide bonds. The van der Waals surface area contributed by atoms with E-state index in [2.05, 4.69) is 11.8 Å². The van der Waals surface area contributed by atoms with Gasteiger partial charge in [0.25, 0.3) is 0 Å². The van der Waals surface area contributed by atoms with Gasteiger partial charge in [-0.1, -0.05) is 13.3 Å². The molecular weight excluding hydrogens is 226 g/mol. The molecule has 1 saturated carbocycles. The minimum atomic E-state index is -0.236. The number of hydrogen-bond donors (Lipinski definition) is 0. The van der Waals surface area contributed by atoms with Crippen molar-refractivity contribution in [1.29, 1.82) is 0 Å². The van der Waals surface area contributed by atoms with Gasteiger partial charge in [-0.3, -0.25) is 4.90 Å². The summed E-state index contributed by atoms with van der Waals surface area (Å²) in [5, 5.41) is 0. The predicted molar refractivity (Wildman–Crippen MR) is 71.5 cm³/mol. The summed E-state index contributed by atoms with van der Waals surface area (Å²) in [6.45, 7) is 6.16. The third-order valence-corrected chi connectivity index (χ3v) is 5.17. The Bertz CT molecular complexity index is 268. The van der Waals surface area contributed by atoms with Crippen molar-refractivity contribution in [2.75, 3.05) is 26.3 Å². The molecule has 0 aromatic carbocycles. The molecule has 2 saturated heterocycles. The van der Waals surface area contributed by atoms with E-state index in [1.165, 1.54) is 45.1 Å². The van der Waals surface area contributed by atoms with Gasteiger partial charge >= 0.3 is 0 Å². The lowest BCUT2D eigenvalue weighted by atomic mass is 9.83. The first kappa shape index (κ1) is 12.9. The molecule has 3 nitrogen and oxygen atoms in total. The summed E-state index contributed by atoms with van der Waals surface area (Å²) in [5.74, 6) is 0.749. The quantitative estimate of drug-likeness (QED) is 0.755. The molecule has 1 spiro atoms. The summed E-state index contributed by atoms with van der Waals surface area (Å²) in [4.78, 5) is 2.65. The average molecular weight is 253 g/mol. The Morgan fingerprint density at radius 1 is 1.11 bits per heavy atom. The maximum atomic E-state index is 5.88. The van der Waals surface area contributed by atoms with E-state index in [-0.39, 0.29) is 5.79 Å². The van der Waals surface area contributed by atoms with Crippen LogP contribution in [0.25, 0.3) is 0 Å². The van der Waals surface area contributed by atoms with Crippen molar-refractivity contribution in [2.45, 2.75) is 63.7 Å². The summed E-state index contributed by atoms with van der Waals surface area (Å²) in [6.07, 6.45) is 9.30. The monoisotopic (exact) mass is 253 g/mol. The summed E-state index contributed by atoms with van der Waals surface area (Å²) in [5.41, 5.74) is 0. The third-order valence-electron chi connectivity index (χ3n) is 5.17. The van der Waals surface area contributed by atoms with Crippen LogP contribution in [-0.2, 0) is 9.47 Å². The SMILES string of the molecule is CCC1CCC(N2CCCC3(C2)OCCO3)CC1. The van der Waals surface area contributed by atoms with Crippen LogP contribution in [-0.4, -0.2) is 43.0 Å². The van der Waals surface area contributed by atoms with E-state index in [0.717, 1.165) is 38.1 Å². The number of ether oxygens (including phenoxy) is 2. The van der Waals surface area contributed by atoms with E-state index in [4.69, 9.17) is 9.47 Å². The highest BCUT2D eigenvalue weighted by Crippen LogP contribution is 2.35. The topological polar surface area (TPSA) is 21.7 Å². The number of likely N-dealkylation sites (tertiary alicyclic amines) is 1. The first-order valence-corrected chi connectivity index (χ1v) is 7.83. The number of hydrogen-bond acceptors (Lipinski definition) is 3. The fraction of sp³-hybridized carbons (Fsp3) is 1.00. The molecule has 3 aliphatic rings. The van der Waals surface area contributed by atoms with Crippen LogP contribution in [0.1, 0.15) is 51.9 Å². The van der Waals surface area contributed by atoms with Crippen LogP contribution in [0.2, 0.25) is 0 Å². The third kappa shape index (κ3) is 2.59. The molecule has 0 N–H and O–H groups in total. The Morgan fingerprint density at radius 3 is 2.50 bits per heavy atom. The maximum Gasteiger partial charge on any atom is 0.181 e. The van der Waals surface area contributed by atoms with E-state index in [9.17, 15) is 0 Å². The first-order valence-electron chi connectivity index (χ1n) is 7.83. The molecule has 2 heterocycles. The molecule has 0 radical (unpaired) electrons. The first-order chi connectivity index (χ1) is 8.81. The van der Waals surface area contributed by atoms with Crippen molar-refractivity contribution >= 4 is 0 Å². The molecule has 1 aliphatic carbocycles. The summed E-state index contributed by atoms with van der Waals surface area (Å²) in [6, 6.07) is 0.790. The highest BCUT2D eigenvalue weighted by molar-refractivity contribution is 4.88. The van der Waals surface area contributed by atoms with E-state index in [0.29, 0.717) is 0 Å². The lowest BCUT2D eigenvalue weighted by Gasteiger charge is -2.44. The highest BCUT2D eigenvalue weighted by atomic mass is 16.7. The van der Waals surface area contributed by atoms with Crippen molar-refractivity contribution in [2.24, 2.45) is 5.92 Å². The lowest BCUT2D eigenvalue weighted by Crippen LogP contribution is -2.53. The fourth-order valence-electron chi connectivity index (χ4n) is 3.98. The zero-order chi connectivity index (χ0) is 12.4. The Labute approximate surface area is 111 Å². The molecule has 3 fully saturated rings. The molecule has 0 aromatic rings. The molecule has 0 atom stereocenters. The Morgan fingerprint density at radius 2 is 1.83 bits per heavy atom. The van der Waals surface area contributed by atoms with Crippen molar-refractivity contribution in [3.63, 3.8) is 0 Å². The summed E-state index contributed by atoms with van der Waals surface area (Å²) in [7, 11) is 0. The van der Waals surface area contributed by atoms with Crippen molar-refractivity contribution in [3.8, 4) is 0 Å².